The summed E-state index contributed by atoms with van der Waals surface area (Å²) >= 11 is 0. The summed E-state index contributed by atoms with van der Waals surface area (Å²) in [6.45, 7) is 4.75. The summed E-state index contributed by atoms with van der Waals surface area (Å²) in [5.74, 6) is 0.978. The first-order valence-electron chi connectivity index (χ1n) is 39.8. The molecule has 3 atom stereocenters. The van der Waals surface area contributed by atoms with Crippen LogP contribution in [0.1, 0.15) is 53.1 Å². The highest BCUT2D eigenvalue weighted by molar-refractivity contribution is 6.39. The first kappa shape index (κ1) is 65.1. The second kappa shape index (κ2) is 24.9. The molecule has 24 rings (SSSR count). The highest BCUT2D eigenvalue weighted by Gasteiger charge is 2.57. The van der Waals surface area contributed by atoms with Gasteiger partial charge in [-0.05, 0) is 197 Å². The monoisotopic (exact) mass is 1470 g/mol. The third-order valence-electron chi connectivity index (χ3n) is 25.5. The van der Waals surface area contributed by atoms with E-state index < -0.39 is 5.41 Å². The number of hydrogen-bond donors (Lipinski definition) is 0. The molecule has 0 radical (unpaired) electrons. The fraction of sp³-hybridized carbons (Fsp3) is 0.0556. The lowest BCUT2D eigenvalue weighted by Crippen LogP contribution is -2.33. The van der Waals surface area contributed by atoms with Crippen LogP contribution in [0.2, 0.25) is 0 Å². The van der Waals surface area contributed by atoms with Crippen LogP contribution in [0.5, 0.6) is 0 Å². The molecule has 7 heteroatoms. The van der Waals surface area contributed by atoms with Crippen molar-refractivity contribution in [2.24, 2.45) is 5.92 Å². The average Bonchev–Trinajstić information content (AvgIpc) is 1.48. The van der Waals surface area contributed by atoms with Crippen molar-refractivity contribution < 1.29 is 8.83 Å². The molecule has 0 N–H and O–H groups in total. The number of furan rings is 2. The normalized spacial score (nSPS) is 15.9. The quantitative estimate of drug-likeness (QED) is 0.121. The third kappa shape index (κ3) is 9.53. The van der Waals surface area contributed by atoms with E-state index in [0.717, 1.165) is 144 Å². The van der Waals surface area contributed by atoms with Crippen molar-refractivity contribution in [3.63, 3.8) is 0 Å². The Morgan fingerprint density at radius 1 is 0.313 bits per heavy atom. The highest BCUT2D eigenvalue weighted by Crippen LogP contribution is 2.66. The number of nitrogens with zero attached hydrogens (tertiary/aromatic N) is 5. The van der Waals surface area contributed by atoms with Crippen LogP contribution in [0.4, 0.5) is 51.2 Å². The van der Waals surface area contributed by atoms with E-state index in [1.165, 1.54) is 55.6 Å². The van der Waals surface area contributed by atoms with Crippen molar-refractivity contribution in [2.75, 3.05) is 14.7 Å². The minimum Gasteiger partial charge on any atom is -0.456 e. The smallest absolute Gasteiger partial charge is 0.160 e. The molecule has 115 heavy (non-hydrogen) atoms. The predicted molar refractivity (Wildman–Crippen MR) is 474 cm³/mol. The van der Waals surface area contributed by atoms with Crippen molar-refractivity contribution in [3.05, 3.63) is 416 Å². The van der Waals surface area contributed by atoms with E-state index in [2.05, 4.69) is 380 Å². The van der Waals surface area contributed by atoms with E-state index in [0.29, 0.717) is 17.0 Å². The number of fused-ring (bicyclic) bond motifs is 16. The van der Waals surface area contributed by atoms with Crippen molar-refractivity contribution >= 4 is 127 Å². The van der Waals surface area contributed by atoms with Crippen LogP contribution in [-0.2, 0) is 10.8 Å². The van der Waals surface area contributed by atoms with Gasteiger partial charge in [0.1, 0.15) is 16.7 Å². The van der Waals surface area contributed by atoms with Gasteiger partial charge in [0.2, 0.25) is 0 Å². The van der Waals surface area contributed by atoms with E-state index >= 15 is 0 Å². The molecule has 17 aromatic carbocycles. The lowest BCUT2D eigenvalue weighted by Gasteiger charge is -2.36. The molecule has 4 aliphatic carbocycles. The minimum atomic E-state index is -0.468. The van der Waals surface area contributed by atoms with Gasteiger partial charge in [0.15, 0.2) is 11.4 Å². The number of benzene rings is 16. The van der Waals surface area contributed by atoms with Crippen LogP contribution in [0.15, 0.2) is 391 Å². The summed E-state index contributed by atoms with van der Waals surface area (Å²) in [6.07, 6.45) is 11.3. The molecule has 0 aliphatic heterocycles. The number of allylic oxidation sites excluding steroid dienone is 4. The fourth-order valence-corrected chi connectivity index (χ4v) is 20.6. The van der Waals surface area contributed by atoms with Gasteiger partial charge in [0, 0.05) is 102 Å². The number of para-hydroxylation sites is 3. The van der Waals surface area contributed by atoms with Crippen molar-refractivity contribution in [3.8, 4) is 56.0 Å². The Hall–Kier alpha value is -14.7. The molecule has 7 nitrogen and oxygen atoms in total. The average molecular weight is 1470 g/mol. The molecule has 0 saturated carbocycles. The molecule has 0 fully saturated rings. The van der Waals surface area contributed by atoms with Gasteiger partial charge >= 0.3 is 0 Å². The number of rotatable bonds is 12. The number of aromatic nitrogens is 2. The third-order valence-corrected chi connectivity index (χ3v) is 25.5. The molecule has 20 aromatic rings. The Bertz CT molecular complexity index is 7430. The van der Waals surface area contributed by atoms with Crippen molar-refractivity contribution in [1.29, 1.82) is 0 Å². The zero-order chi connectivity index (χ0) is 75.8. The van der Waals surface area contributed by atoms with Gasteiger partial charge in [-0.3, -0.25) is 0 Å². The zero-order valence-corrected chi connectivity index (χ0v) is 63.1. The Balaban J connectivity index is 0.847. The van der Waals surface area contributed by atoms with Gasteiger partial charge in [-0.15, -0.1) is 0 Å². The maximum absolute atomic E-state index is 8.28. The van der Waals surface area contributed by atoms with Crippen LogP contribution < -0.4 is 14.7 Å². The molecule has 0 saturated heterocycles. The van der Waals surface area contributed by atoms with E-state index in [-0.39, 0.29) is 17.3 Å². The van der Waals surface area contributed by atoms with E-state index in [9.17, 15) is 0 Å². The van der Waals surface area contributed by atoms with E-state index in [4.69, 9.17) is 18.8 Å². The largest absolute Gasteiger partial charge is 0.456 e. The van der Waals surface area contributed by atoms with Crippen LogP contribution in [-0.4, -0.2) is 9.97 Å². The van der Waals surface area contributed by atoms with Gasteiger partial charge in [0.25, 0.3) is 0 Å². The molecule has 0 bridgehead atoms. The molecule has 540 valence electrons. The SMILES string of the molecule is CC1(C)c2ccccc2-c2ccc(N(c3cc(-c4ccccc4)cc4ccccc34)c3ccc4c5cc(N(c6ccccc6)c6ccc7c(c6)C6(c8ccccc8-7)c7ccccc7C7C=CC=CC76)cc6oc7cc(N(c8ccccc8)c8ccccc8)cc(c8ccc(-c9ccnc(-c%10ccccc%10)n9)c9oc3c4c98)c7c65)cc21. The van der Waals surface area contributed by atoms with Gasteiger partial charge in [-0.1, -0.05) is 275 Å². The second-order valence-electron chi connectivity index (χ2n) is 31.8. The molecule has 0 amide bonds. The van der Waals surface area contributed by atoms with Crippen molar-refractivity contribution in [2.45, 2.75) is 30.6 Å². The fourth-order valence-electron chi connectivity index (χ4n) is 20.6. The molecular formula is C108H71N5O2. The summed E-state index contributed by atoms with van der Waals surface area (Å²) in [4.78, 5) is 17.8. The first-order valence-corrected chi connectivity index (χ1v) is 39.8. The molecule has 1 spiro atoms. The zero-order valence-electron chi connectivity index (χ0n) is 63.1. The minimum absolute atomic E-state index is 0.149. The Labute approximate surface area is 664 Å². The second-order valence-corrected chi connectivity index (χ2v) is 31.8. The molecule has 3 heterocycles. The van der Waals surface area contributed by atoms with Gasteiger partial charge in [-0.2, -0.15) is 0 Å². The Morgan fingerprint density at radius 3 is 1.52 bits per heavy atom. The summed E-state index contributed by atoms with van der Waals surface area (Å²) in [5.41, 5.74) is 28.7. The lowest BCUT2D eigenvalue weighted by molar-refractivity contribution is 0.465. The maximum Gasteiger partial charge on any atom is 0.160 e. The topological polar surface area (TPSA) is 61.8 Å². The van der Waals surface area contributed by atoms with Gasteiger partial charge < -0.3 is 23.5 Å². The number of hydrogen-bond acceptors (Lipinski definition) is 7. The summed E-state index contributed by atoms with van der Waals surface area (Å²) in [5, 5.41) is 10.2. The summed E-state index contributed by atoms with van der Waals surface area (Å²) in [7, 11) is 0. The first-order chi connectivity index (χ1) is 56.8. The molecular weight excluding hydrogens is 1400 g/mol. The number of anilines is 9. The molecule has 3 aromatic heterocycles. The van der Waals surface area contributed by atoms with Crippen LogP contribution >= 0.6 is 0 Å². The lowest BCUT2D eigenvalue weighted by atomic mass is 9.65. The predicted octanol–water partition coefficient (Wildman–Crippen LogP) is 29.0. The highest BCUT2D eigenvalue weighted by atomic mass is 16.3. The Kier molecular flexibility index (Phi) is 14.1. The van der Waals surface area contributed by atoms with Gasteiger partial charge in [0.05, 0.1) is 33.9 Å². The van der Waals surface area contributed by atoms with Crippen LogP contribution in [0.3, 0.4) is 0 Å². The van der Waals surface area contributed by atoms with Crippen LogP contribution in [0.25, 0.3) is 132 Å². The van der Waals surface area contributed by atoms with E-state index in [1.807, 2.05) is 30.5 Å². The molecule has 4 aliphatic rings. The standard InChI is InChI=1S/C108H71N5O2/c1-107(2)89-44-24-20-40-78(89)82-50-49-74(62-93(82)107)113(97-59-69(66-28-8-3-9-29-66)58-68-32-18-19-39-77(68)97)96-55-54-85-88-61-76(112(72-37-16-7-17-38-72)73-48-51-83-81-43-23-27-47-92(81)108(94(83)63-73)90-45-25-21-41-79(90)80-42-22-26-46-91(80)108)65-99-101(88)100-87(60-75(64-98(100)114-99)111(70-33-12-5-13-34-70)71-35-14-6-15-36-71)84-52-53-86(104-102(84)103(85)105(96)115-104)95-56-57-109-106(110-95)67-30-10-4-11-31-67/h3-65,79,90H,1-2H3. The molecule has 3 unspecified atom stereocenters. The van der Waals surface area contributed by atoms with Gasteiger partial charge in [-0.25, -0.2) is 9.97 Å². The summed E-state index contributed by atoms with van der Waals surface area (Å²) < 4.78 is 16.1. The van der Waals surface area contributed by atoms with E-state index in [1.54, 1.807) is 0 Å². The van der Waals surface area contributed by atoms with Crippen LogP contribution in [0, 0.1) is 5.92 Å². The Morgan fingerprint density at radius 2 is 0.835 bits per heavy atom. The summed E-state index contributed by atoms with van der Waals surface area (Å²) in [6, 6.07) is 129. The maximum atomic E-state index is 8.28. The van der Waals surface area contributed by atoms with Crippen molar-refractivity contribution in [1.82, 2.24) is 9.97 Å².